The lowest BCUT2D eigenvalue weighted by molar-refractivity contribution is -0.130. The number of rotatable bonds is 3. The van der Waals surface area contributed by atoms with Crippen LogP contribution in [-0.2, 0) is 4.79 Å². The van der Waals surface area contributed by atoms with Gasteiger partial charge in [0.15, 0.2) is 0 Å². The van der Waals surface area contributed by atoms with E-state index >= 15 is 0 Å². The number of fused-ring (bicyclic) bond motifs is 1. The number of nitrogens with zero attached hydrogens (tertiary/aromatic N) is 5. The zero-order chi connectivity index (χ0) is 20.9. The van der Waals surface area contributed by atoms with E-state index in [0.29, 0.717) is 29.0 Å². The second-order valence-corrected chi connectivity index (χ2v) is 5.99. The number of anilines is 1. The first-order valence-corrected chi connectivity index (χ1v) is 7.74. The Morgan fingerprint density at radius 1 is 1.71 bits per heavy atom. The van der Waals surface area contributed by atoms with Gasteiger partial charge < -0.3 is 19.6 Å². The summed E-state index contributed by atoms with van der Waals surface area (Å²) in [5.74, 6) is -0.672. The lowest BCUT2D eigenvalue weighted by Gasteiger charge is -2.41. The molecule has 1 aliphatic rings. The van der Waals surface area contributed by atoms with E-state index in [-0.39, 0.29) is 25.0 Å². The summed E-state index contributed by atoms with van der Waals surface area (Å²) in [7, 11) is 1.69. The van der Waals surface area contributed by atoms with E-state index < -0.39 is 18.4 Å². The van der Waals surface area contributed by atoms with Gasteiger partial charge in [-0.2, -0.15) is 0 Å². The molecule has 3 heterocycles. The number of hydrogen-bond donors (Lipinski definition) is 1. The van der Waals surface area contributed by atoms with Crippen LogP contribution in [0.4, 0.5) is 5.82 Å². The number of likely N-dealkylation sites (N-methyl/N-ethyl adjacent to an activating group) is 1. The summed E-state index contributed by atoms with van der Waals surface area (Å²) in [4.78, 5) is 29.6. The number of aromatic amines is 1. The van der Waals surface area contributed by atoms with Crippen molar-refractivity contribution in [2.75, 3.05) is 31.5 Å². The van der Waals surface area contributed by atoms with Gasteiger partial charge in [0.2, 0.25) is 0 Å². The summed E-state index contributed by atoms with van der Waals surface area (Å²) in [6, 6.07) is -1.05. The highest BCUT2D eigenvalue weighted by Crippen LogP contribution is 2.29. The molecule has 3 rings (SSSR count). The highest BCUT2D eigenvalue weighted by atomic mass is 16.2. The van der Waals surface area contributed by atoms with E-state index in [9.17, 15) is 4.79 Å². The molecule has 2 aromatic heterocycles. The molecule has 0 unspecified atom stereocenters. The number of piperidine rings is 1. The molecule has 0 aromatic carbocycles. The smallest absolute Gasteiger partial charge is 0.302 e. The number of amides is 1. The maximum atomic E-state index is 12.4. The predicted molar refractivity (Wildman–Crippen MR) is 92.6 cm³/mol. The number of carbonyl (C=O) groups is 1. The minimum absolute atomic E-state index is 0.0687. The number of nitrogens with one attached hydrogen (secondary N) is 1. The Morgan fingerprint density at radius 3 is 3.25 bits per heavy atom. The highest BCUT2D eigenvalue weighted by Gasteiger charge is 2.33. The fourth-order valence-electron chi connectivity index (χ4n) is 3.05. The topological polar surface area (TPSA) is 69.5 Å². The third kappa shape index (κ3) is 2.92. The molecule has 0 saturated carbocycles. The third-order valence-electron chi connectivity index (χ3n) is 4.39. The molecule has 24 heavy (non-hydrogen) atoms. The van der Waals surface area contributed by atoms with Gasteiger partial charge in [-0.05, 0) is 25.3 Å². The van der Waals surface area contributed by atoms with Gasteiger partial charge >= 0.3 is 5.91 Å². The van der Waals surface area contributed by atoms with Crippen molar-refractivity contribution in [2.24, 2.45) is 5.92 Å². The number of hydrogen-bond acceptors (Lipinski definition) is 4. The third-order valence-corrected chi connectivity index (χ3v) is 4.39. The summed E-state index contributed by atoms with van der Waals surface area (Å²) < 4.78 is 32.6. The first-order valence-electron chi connectivity index (χ1n) is 9.74. The zero-order valence-corrected chi connectivity index (χ0v) is 13.9. The molecular weight excluding hydrogens is 304 g/mol. The molecule has 0 aliphatic carbocycles. The number of aryl methyl sites for hydroxylation is 1. The molecule has 0 spiro atoms. The summed E-state index contributed by atoms with van der Waals surface area (Å²) >= 11 is 0. The van der Waals surface area contributed by atoms with Crippen molar-refractivity contribution >= 4 is 22.8 Å². The van der Waals surface area contributed by atoms with Crippen molar-refractivity contribution < 1.29 is 10.3 Å². The summed E-state index contributed by atoms with van der Waals surface area (Å²) in [6.45, 7) is 8.17. The number of aromatic nitrogens is 3. The standard InChI is InChI=1S/C17H22N6O/c1-11-5-6-23(15(24)8-18-3)9-14(11)22(4)17-13-7-12(2)21-16(13)19-10-20-17/h7,10-11,14H,5-6,8-9H2,1-2,4H3,(H,19,20,21)/t11-,14+/m1/s1/i7D,8D2,14D. The minimum atomic E-state index is -2.64. The van der Waals surface area contributed by atoms with Gasteiger partial charge in [0.1, 0.15) is 20.5 Å². The van der Waals surface area contributed by atoms with Crippen LogP contribution < -0.4 is 4.90 Å². The zero-order valence-electron chi connectivity index (χ0n) is 17.9. The van der Waals surface area contributed by atoms with Gasteiger partial charge in [-0.3, -0.25) is 4.79 Å². The van der Waals surface area contributed by atoms with Gasteiger partial charge in [0.25, 0.3) is 6.50 Å². The molecule has 2 atom stereocenters. The molecule has 2 aromatic rings. The normalized spacial score (nSPS) is 26.9. The van der Waals surface area contributed by atoms with E-state index in [0.717, 1.165) is 0 Å². The maximum Gasteiger partial charge on any atom is 0.302 e. The summed E-state index contributed by atoms with van der Waals surface area (Å²) in [6.07, 6.45) is 1.85. The molecule has 1 aliphatic heterocycles. The van der Waals surface area contributed by atoms with Gasteiger partial charge in [0.05, 0.1) is 14.1 Å². The summed E-state index contributed by atoms with van der Waals surface area (Å²) in [5, 5.41) is 0.501. The predicted octanol–water partition coefficient (Wildman–Crippen LogP) is 1.86. The van der Waals surface area contributed by atoms with E-state index in [2.05, 4.69) is 19.8 Å². The van der Waals surface area contributed by atoms with Crippen LogP contribution in [0.5, 0.6) is 0 Å². The maximum absolute atomic E-state index is 12.4. The Balaban J connectivity index is 2.01. The average Bonchev–Trinajstić information content (AvgIpc) is 2.97. The van der Waals surface area contributed by atoms with E-state index in [4.69, 9.17) is 12.1 Å². The summed E-state index contributed by atoms with van der Waals surface area (Å²) in [5.41, 5.74) is 1.15. The Kier molecular flexibility index (Phi) is 3.20. The lowest BCUT2D eigenvalue weighted by Crippen LogP contribution is -2.53. The van der Waals surface area contributed by atoms with Crippen LogP contribution in [0, 0.1) is 19.4 Å². The molecule has 0 radical (unpaired) electrons. The Hall–Kier alpha value is -2.62. The van der Waals surface area contributed by atoms with E-state index in [1.165, 1.54) is 11.2 Å². The molecular formula is C17H22N6O. The number of likely N-dealkylation sites (tertiary alicyclic amines) is 1. The molecule has 1 N–H and O–H groups in total. The Bertz CT molecular complexity index is 970. The fourth-order valence-corrected chi connectivity index (χ4v) is 3.05. The van der Waals surface area contributed by atoms with E-state index in [1.54, 1.807) is 18.9 Å². The van der Waals surface area contributed by atoms with Gasteiger partial charge in [-0.1, -0.05) is 6.92 Å². The molecule has 1 amide bonds. The highest BCUT2D eigenvalue weighted by molar-refractivity contribution is 5.88. The second-order valence-electron chi connectivity index (χ2n) is 5.99. The van der Waals surface area contributed by atoms with Crippen LogP contribution in [0.3, 0.4) is 0 Å². The van der Waals surface area contributed by atoms with Crippen molar-refractivity contribution in [3.8, 4) is 0 Å². The number of carbonyl (C=O) groups excluding carboxylic acids is 1. The lowest BCUT2D eigenvalue weighted by atomic mass is 9.92. The number of H-pyrrole nitrogens is 1. The fraction of sp³-hybridized carbons (Fsp3) is 0.529. The van der Waals surface area contributed by atoms with Gasteiger partial charge in [-0.25, -0.2) is 16.5 Å². The average molecular weight is 330 g/mol. The molecule has 7 heteroatoms. The van der Waals surface area contributed by atoms with Crippen LogP contribution in [0.2, 0.25) is 0 Å². The second kappa shape index (κ2) is 6.48. The SMILES string of the molecule is [2H]c1c(C)[nH]c2ncnc(N(C)[C@@]3([2H])CN(C(=O)C([2H])([2H])[N+]#[C-])CC[C@H]3C)c12. The van der Waals surface area contributed by atoms with Crippen molar-refractivity contribution in [3.05, 3.63) is 29.5 Å². The molecule has 126 valence electrons. The van der Waals surface area contributed by atoms with Crippen molar-refractivity contribution in [2.45, 2.75) is 26.3 Å². The van der Waals surface area contributed by atoms with Crippen LogP contribution in [-0.4, -0.2) is 58.4 Å². The van der Waals surface area contributed by atoms with Crippen LogP contribution >= 0.6 is 0 Å². The Labute approximate surface area is 147 Å². The van der Waals surface area contributed by atoms with Gasteiger partial charge in [-0.15, -0.1) is 0 Å². The molecule has 7 nitrogen and oxygen atoms in total. The van der Waals surface area contributed by atoms with Crippen molar-refractivity contribution in [1.29, 1.82) is 0 Å². The van der Waals surface area contributed by atoms with Crippen LogP contribution in [0.15, 0.2) is 12.4 Å². The largest absolute Gasteiger partial charge is 0.354 e. The quantitative estimate of drug-likeness (QED) is 0.872. The van der Waals surface area contributed by atoms with Crippen LogP contribution in [0.1, 0.15) is 24.5 Å². The first kappa shape index (κ1) is 11.8. The van der Waals surface area contributed by atoms with E-state index in [1.807, 2.05) is 6.92 Å². The molecule has 0 bridgehead atoms. The van der Waals surface area contributed by atoms with Crippen molar-refractivity contribution in [1.82, 2.24) is 19.9 Å². The first-order chi connectivity index (χ1) is 13.0. The van der Waals surface area contributed by atoms with Crippen LogP contribution in [0.25, 0.3) is 15.9 Å². The molecule has 1 saturated heterocycles. The van der Waals surface area contributed by atoms with Gasteiger partial charge in [0, 0.05) is 25.8 Å². The minimum Gasteiger partial charge on any atom is -0.354 e. The van der Waals surface area contributed by atoms with Crippen molar-refractivity contribution in [3.63, 3.8) is 0 Å². The molecule has 1 fully saturated rings. The Morgan fingerprint density at radius 2 is 2.50 bits per heavy atom. The monoisotopic (exact) mass is 330 g/mol.